The van der Waals surface area contributed by atoms with Crippen LogP contribution in [0, 0.1) is 0 Å². The van der Waals surface area contributed by atoms with Gasteiger partial charge in [-0.15, -0.1) is 0 Å². The summed E-state index contributed by atoms with van der Waals surface area (Å²) in [5, 5.41) is 11.6. The maximum absolute atomic E-state index is 5.47. The van der Waals surface area contributed by atoms with E-state index in [1.165, 1.54) is 5.56 Å². The Morgan fingerprint density at radius 3 is 2.86 bits per heavy atom. The minimum atomic E-state index is 0.527. The molecule has 0 amide bonds. The van der Waals surface area contributed by atoms with Crippen molar-refractivity contribution < 1.29 is 4.74 Å². The second-order valence-electron chi connectivity index (χ2n) is 4.74. The van der Waals surface area contributed by atoms with Gasteiger partial charge in [-0.05, 0) is 23.8 Å². The third-order valence-electron chi connectivity index (χ3n) is 3.25. The third kappa shape index (κ3) is 3.05. The summed E-state index contributed by atoms with van der Waals surface area (Å²) in [6.45, 7) is 4.91. The molecule has 4 heteroatoms. The predicted octanol–water partition coefficient (Wildman–Crippen LogP) is 3.74. The Bertz CT molecular complexity index is 731. The first kappa shape index (κ1) is 13.2. The number of nitrogens with zero attached hydrogens (tertiary/aromatic N) is 1. The second kappa shape index (κ2) is 6.13. The fourth-order valence-electron chi connectivity index (χ4n) is 2.17. The molecule has 4 nitrogen and oxygen atoms in total. The zero-order valence-corrected chi connectivity index (χ0v) is 11.7. The Balaban J connectivity index is 1.67. The van der Waals surface area contributed by atoms with E-state index in [-0.39, 0.29) is 0 Å². The number of anilines is 1. The zero-order valence-electron chi connectivity index (χ0n) is 11.7. The molecule has 2 aromatic carbocycles. The van der Waals surface area contributed by atoms with Gasteiger partial charge in [-0.1, -0.05) is 36.9 Å². The highest BCUT2D eigenvalue weighted by molar-refractivity contribution is 5.89. The van der Waals surface area contributed by atoms with Gasteiger partial charge in [0.25, 0.3) is 0 Å². The number of rotatable bonds is 6. The number of nitrogens with one attached hydrogen (secondary N) is 2. The largest absolute Gasteiger partial charge is 0.490 e. The molecule has 1 heterocycles. The average Bonchev–Trinajstić information content (AvgIpc) is 3.01. The molecule has 0 unspecified atom stereocenters. The summed E-state index contributed by atoms with van der Waals surface area (Å²) in [5.74, 6) is 0.856. The maximum Gasteiger partial charge on any atom is 0.119 e. The molecule has 0 aliphatic rings. The first-order valence-electron chi connectivity index (χ1n) is 6.85. The van der Waals surface area contributed by atoms with Gasteiger partial charge < -0.3 is 10.1 Å². The number of para-hydroxylation sites is 1. The van der Waals surface area contributed by atoms with Crippen molar-refractivity contribution >= 4 is 16.6 Å². The Morgan fingerprint density at radius 1 is 1.19 bits per heavy atom. The van der Waals surface area contributed by atoms with Crippen molar-refractivity contribution in [2.24, 2.45) is 0 Å². The van der Waals surface area contributed by atoms with E-state index in [2.05, 4.69) is 34.2 Å². The molecule has 0 saturated heterocycles. The molecule has 0 saturated carbocycles. The molecule has 0 atom stereocenters. The van der Waals surface area contributed by atoms with Gasteiger partial charge in [0.15, 0.2) is 0 Å². The van der Waals surface area contributed by atoms with Crippen molar-refractivity contribution in [1.82, 2.24) is 10.2 Å². The minimum absolute atomic E-state index is 0.527. The number of benzene rings is 2. The number of ether oxygens (including phenoxy) is 1. The van der Waals surface area contributed by atoms with Crippen LogP contribution in [-0.4, -0.2) is 16.8 Å². The number of hydrogen-bond donors (Lipinski definition) is 2. The van der Waals surface area contributed by atoms with E-state index in [9.17, 15) is 0 Å². The van der Waals surface area contributed by atoms with Crippen LogP contribution >= 0.6 is 0 Å². The van der Waals surface area contributed by atoms with E-state index in [0.717, 1.165) is 28.9 Å². The Kier molecular flexibility index (Phi) is 3.87. The lowest BCUT2D eigenvalue weighted by molar-refractivity contribution is 0.363. The number of H-pyrrole nitrogens is 1. The topological polar surface area (TPSA) is 49.9 Å². The van der Waals surface area contributed by atoms with Gasteiger partial charge >= 0.3 is 0 Å². The fourth-order valence-corrected chi connectivity index (χ4v) is 2.17. The molecule has 0 fully saturated rings. The minimum Gasteiger partial charge on any atom is -0.490 e. The van der Waals surface area contributed by atoms with Crippen LogP contribution in [0.2, 0.25) is 0 Å². The molecule has 106 valence electrons. The van der Waals surface area contributed by atoms with Crippen molar-refractivity contribution in [2.75, 3.05) is 11.9 Å². The number of aromatic amines is 1. The number of aromatic nitrogens is 2. The summed E-state index contributed by atoms with van der Waals surface area (Å²) in [4.78, 5) is 0. The van der Waals surface area contributed by atoms with Crippen LogP contribution in [0.15, 0.2) is 61.3 Å². The van der Waals surface area contributed by atoms with Gasteiger partial charge in [0.1, 0.15) is 12.4 Å². The van der Waals surface area contributed by atoms with Crippen LogP contribution in [0.1, 0.15) is 5.56 Å². The standard InChI is InChI=1S/C17H17N3O/c1-2-10-21-15-8-6-13(7-9-15)11-18-16-5-3-4-14-12-19-20-17(14)16/h2-9,12,18H,1,10-11H2,(H,19,20). The molecule has 21 heavy (non-hydrogen) atoms. The third-order valence-corrected chi connectivity index (χ3v) is 3.25. The summed E-state index contributed by atoms with van der Waals surface area (Å²) < 4.78 is 5.47. The summed E-state index contributed by atoms with van der Waals surface area (Å²) in [5.41, 5.74) is 3.28. The van der Waals surface area contributed by atoms with E-state index in [4.69, 9.17) is 4.74 Å². The molecule has 2 N–H and O–H groups in total. The van der Waals surface area contributed by atoms with Gasteiger partial charge in [-0.2, -0.15) is 5.10 Å². The summed E-state index contributed by atoms with van der Waals surface area (Å²) in [6.07, 6.45) is 3.56. The van der Waals surface area contributed by atoms with Crippen molar-refractivity contribution in [1.29, 1.82) is 0 Å². The van der Waals surface area contributed by atoms with Crippen molar-refractivity contribution in [3.63, 3.8) is 0 Å². The Hall–Kier alpha value is -2.75. The SMILES string of the molecule is C=CCOc1ccc(CNc2cccc3cn[nH]c23)cc1. The summed E-state index contributed by atoms with van der Waals surface area (Å²) >= 11 is 0. The molecule has 0 bridgehead atoms. The normalized spacial score (nSPS) is 10.5. The zero-order chi connectivity index (χ0) is 14.5. The van der Waals surface area contributed by atoms with Gasteiger partial charge in [0.05, 0.1) is 17.4 Å². The molecule has 1 aromatic heterocycles. The quantitative estimate of drug-likeness (QED) is 0.676. The van der Waals surface area contributed by atoms with Crippen LogP contribution < -0.4 is 10.1 Å². The number of fused-ring (bicyclic) bond motifs is 1. The highest BCUT2D eigenvalue weighted by atomic mass is 16.5. The van der Waals surface area contributed by atoms with Gasteiger partial charge in [0.2, 0.25) is 0 Å². The average molecular weight is 279 g/mol. The Labute approximate surface area is 123 Å². The smallest absolute Gasteiger partial charge is 0.119 e. The van der Waals surface area contributed by atoms with Gasteiger partial charge in [-0.25, -0.2) is 0 Å². The van der Waals surface area contributed by atoms with Crippen molar-refractivity contribution in [3.8, 4) is 5.75 Å². The van der Waals surface area contributed by atoms with Crippen molar-refractivity contribution in [3.05, 3.63) is 66.9 Å². The van der Waals surface area contributed by atoms with Crippen LogP contribution in [0.4, 0.5) is 5.69 Å². The van der Waals surface area contributed by atoms with E-state index >= 15 is 0 Å². The molecule has 0 aliphatic carbocycles. The monoisotopic (exact) mass is 279 g/mol. The summed E-state index contributed by atoms with van der Waals surface area (Å²) in [6, 6.07) is 14.1. The van der Waals surface area contributed by atoms with Gasteiger partial charge in [-0.3, -0.25) is 5.10 Å². The first-order valence-corrected chi connectivity index (χ1v) is 6.85. The first-order chi connectivity index (χ1) is 10.4. The van der Waals surface area contributed by atoms with Crippen LogP contribution in [-0.2, 0) is 6.54 Å². The highest BCUT2D eigenvalue weighted by Gasteiger charge is 2.02. The highest BCUT2D eigenvalue weighted by Crippen LogP contribution is 2.21. The van der Waals surface area contributed by atoms with E-state index < -0.39 is 0 Å². The van der Waals surface area contributed by atoms with Crippen LogP contribution in [0.3, 0.4) is 0 Å². The van der Waals surface area contributed by atoms with Crippen molar-refractivity contribution in [2.45, 2.75) is 6.54 Å². The Morgan fingerprint density at radius 2 is 2.05 bits per heavy atom. The van der Waals surface area contributed by atoms with E-state index in [1.54, 1.807) is 6.08 Å². The van der Waals surface area contributed by atoms with E-state index in [1.807, 2.05) is 36.5 Å². The lowest BCUT2D eigenvalue weighted by Crippen LogP contribution is -2.00. The second-order valence-corrected chi connectivity index (χ2v) is 4.74. The van der Waals surface area contributed by atoms with Crippen LogP contribution in [0.5, 0.6) is 5.75 Å². The van der Waals surface area contributed by atoms with Gasteiger partial charge in [0, 0.05) is 11.9 Å². The lowest BCUT2D eigenvalue weighted by Gasteiger charge is -2.08. The molecular formula is C17H17N3O. The van der Waals surface area contributed by atoms with Crippen LogP contribution in [0.25, 0.3) is 10.9 Å². The fraction of sp³-hybridized carbons (Fsp3) is 0.118. The molecule has 0 aliphatic heterocycles. The lowest BCUT2D eigenvalue weighted by atomic mass is 10.2. The predicted molar refractivity (Wildman–Crippen MR) is 85.6 cm³/mol. The van der Waals surface area contributed by atoms with E-state index in [0.29, 0.717) is 6.61 Å². The molecule has 0 spiro atoms. The molecule has 0 radical (unpaired) electrons. The number of hydrogen-bond acceptors (Lipinski definition) is 3. The molecule has 3 rings (SSSR count). The summed E-state index contributed by atoms with van der Waals surface area (Å²) in [7, 11) is 0. The molecule has 3 aromatic rings. The maximum atomic E-state index is 5.47. The molecular weight excluding hydrogens is 262 g/mol.